The van der Waals surface area contributed by atoms with Gasteiger partial charge in [-0.15, -0.1) is 0 Å². The van der Waals surface area contributed by atoms with E-state index < -0.39 is 10.1 Å². The molecule has 0 aliphatic carbocycles. The van der Waals surface area contributed by atoms with Crippen LogP contribution in [0.25, 0.3) is 0 Å². The molecule has 15 heavy (non-hydrogen) atoms. The largest absolute Gasteiger partial charge is 1.00 e. The molecule has 0 radical (unpaired) electrons. The number of rotatable bonds is 5. The third-order valence-corrected chi connectivity index (χ3v) is 3.09. The first-order valence-electron chi connectivity index (χ1n) is 4.61. The fourth-order valence-corrected chi connectivity index (χ4v) is 1.93. The van der Waals surface area contributed by atoms with E-state index in [0.29, 0.717) is 0 Å². The molecule has 0 saturated carbocycles. The Balaban J connectivity index is 0. The first-order valence-corrected chi connectivity index (χ1v) is 6.02. The Kier molecular flexibility index (Phi) is 7.48. The summed E-state index contributed by atoms with van der Waals surface area (Å²) in [4.78, 5) is 0.219. The first-order chi connectivity index (χ1) is 6.67. The second kappa shape index (κ2) is 7.41. The predicted octanol–water partition coefficient (Wildman–Crippen LogP) is -0.691. The van der Waals surface area contributed by atoms with E-state index in [0.717, 1.165) is 12.8 Å². The van der Waals surface area contributed by atoms with E-state index >= 15 is 0 Å². The van der Waals surface area contributed by atoms with E-state index in [-0.39, 0.29) is 42.5 Å². The summed E-state index contributed by atoms with van der Waals surface area (Å²) in [6, 6.07) is 8.18. The molecule has 0 aliphatic rings. The van der Waals surface area contributed by atoms with Gasteiger partial charge in [-0.2, -0.15) is 8.42 Å². The molecule has 0 aromatic heterocycles. The van der Waals surface area contributed by atoms with Gasteiger partial charge in [0.2, 0.25) is 0 Å². The van der Waals surface area contributed by atoms with E-state index in [1.54, 1.807) is 18.2 Å². The monoisotopic (exact) mass is 238 g/mol. The van der Waals surface area contributed by atoms with Crippen LogP contribution in [0.3, 0.4) is 0 Å². The molecular weight excluding hydrogens is 223 g/mol. The van der Waals surface area contributed by atoms with Crippen molar-refractivity contribution in [2.45, 2.75) is 24.7 Å². The number of hydrogen-bond acceptors (Lipinski definition) is 3. The summed E-state index contributed by atoms with van der Waals surface area (Å²) in [7, 11) is -3.53. The number of unbranched alkanes of at least 4 members (excludes halogenated alkanes) is 1. The summed E-state index contributed by atoms with van der Waals surface area (Å²) in [5.41, 5.74) is 0. The van der Waals surface area contributed by atoms with E-state index in [9.17, 15) is 8.42 Å². The van der Waals surface area contributed by atoms with Crippen LogP contribution in [-0.4, -0.2) is 15.0 Å². The molecule has 0 saturated heterocycles. The van der Waals surface area contributed by atoms with Crippen LogP contribution in [-0.2, 0) is 14.3 Å². The van der Waals surface area contributed by atoms with Crippen molar-refractivity contribution >= 4 is 10.1 Å². The van der Waals surface area contributed by atoms with Gasteiger partial charge in [0, 0.05) is 0 Å². The molecule has 1 rings (SSSR count). The minimum absolute atomic E-state index is 0. The Morgan fingerprint density at radius 3 is 2.40 bits per heavy atom. The fraction of sp³-hybridized carbons (Fsp3) is 0.400. The van der Waals surface area contributed by atoms with Gasteiger partial charge in [0.15, 0.2) is 0 Å². The summed E-state index contributed by atoms with van der Waals surface area (Å²) < 4.78 is 27.8. The van der Waals surface area contributed by atoms with Crippen molar-refractivity contribution in [3.05, 3.63) is 30.3 Å². The van der Waals surface area contributed by atoms with Crippen molar-refractivity contribution in [3.63, 3.8) is 0 Å². The van der Waals surface area contributed by atoms with Gasteiger partial charge >= 0.3 is 29.6 Å². The van der Waals surface area contributed by atoms with Crippen molar-refractivity contribution < 1.29 is 43.6 Å². The van der Waals surface area contributed by atoms with Gasteiger partial charge in [-0.05, 0) is 18.6 Å². The molecule has 0 fully saturated rings. The van der Waals surface area contributed by atoms with Crippen molar-refractivity contribution in [1.82, 2.24) is 0 Å². The molecule has 1 aromatic rings. The van der Waals surface area contributed by atoms with E-state index in [1.807, 2.05) is 6.92 Å². The molecule has 0 aliphatic heterocycles. The summed E-state index contributed by atoms with van der Waals surface area (Å²) in [6.45, 7) is 2.24. The number of hydrogen-bond donors (Lipinski definition) is 0. The Morgan fingerprint density at radius 2 is 1.87 bits per heavy atom. The van der Waals surface area contributed by atoms with Crippen molar-refractivity contribution in [2.24, 2.45) is 0 Å². The van der Waals surface area contributed by atoms with E-state index in [2.05, 4.69) is 0 Å². The van der Waals surface area contributed by atoms with Gasteiger partial charge in [-0.3, -0.25) is 4.18 Å². The SMILES string of the molecule is CCCCOS(=O)(=O)c1ccccc1.[H-].[Na+]. The molecule has 1 aromatic carbocycles. The molecular formula is C10H15NaO3S. The second-order valence-corrected chi connectivity index (χ2v) is 4.56. The van der Waals surface area contributed by atoms with Crippen LogP contribution in [0.5, 0.6) is 0 Å². The fourth-order valence-electron chi connectivity index (χ4n) is 0.968. The quantitative estimate of drug-likeness (QED) is 0.387. The molecule has 0 bridgehead atoms. The van der Waals surface area contributed by atoms with Crippen LogP contribution < -0.4 is 29.6 Å². The molecule has 0 unspecified atom stereocenters. The third-order valence-electron chi connectivity index (χ3n) is 1.77. The topological polar surface area (TPSA) is 43.4 Å². The van der Waals surface area contributed by atoms with Crippen LogP contribution in [0.2, 0.25) is 0 Å². The van der Waals surface area contributed by atoms with Gasteiger partial charge in [-0.25, -0.2) is 0 Å². The van der Waals surface area contributed by atoms with Gasteiger partial charge in [0.05, 0.1) is 11.5 Å². The Bertz CT molecular complexity index is 367. The van der Waals surface area contributed by atoms with Gasteiger partial charge < -0.3 is 1.43 Å². The van der Waals surface area contributed by atoms with Crippen molar-refractivity contribution in [3.8, 4) is 0 Å². The molecule has 0 spiro atoms. The number of benzene rings is 1. The molecule has 0 amide bonds. The zero-order valence-electron chi connectivity index (χ0n) is 10.1. The molecule has 0 atom stereocenters. The maximum absolute atomic E-state index is 11.5. The zero-order valence-corrected chi connectivity index (χ0v) is 12.0. The molecule has 0 heterocycles. The van der Waals surface area contributed by atoms with Crippen LogP contribution >= 0.6 is 0 Å². The average Bonchev–Trinajstić information content (AvgIpc) is 2.19. The molecule has 0 N–H and O–H groups in total. The van der Waals surface area contributed by atoms with Crippen LogP contribution in [0.1, 0.15) is 21.2 Å². The van der Waals surface area contributed by atoms with E-state index in [1.165, 1.54) is 12.1 Å². The smallest absolute Gasteiger partial charge is 1.00 e. The van der Waals surface area contributed by atoms with Crippen LogP contribution in [0, 0.1) is 0 Å². The second-order valence-electron chi connectivity index (χ2n) is 2.94. The zero-order chi connectivity index (χ0) is 10.4. The molecule has 5 heteroatoms. The maximum Gasteiger partial charge on any atom is 1.00 e. The predicted molar refractivity (Wildman–Crippen MR) is 55.6 cm³/mol. The Labute approximate surface area is 115 Å². The van der Waals surface area contributed by atoms with Gasteiger partial charge in [0.25, 0.3) is 10.1 Å². The summed E-state index contributed by atoms with van der Waals surface area (Å²) >= 11 is 0. The minimum Gasteiger partial charge on any atom is -1.00 e. The van der Waals surface area contributed by atoms with Gasteiger partial charge in [0.1, 0.15) is 0 Å². The molecule has 80 valence electrons. The maximum atomic E-state index is 11.5. The Morgan fingerprint density at radius 1 is 1.27 bits per heavy atom. The van der Waals surface area contributed by atoms with Crippen molar-refractivity contribution in [2.75, 3.05) is 6.61 Å². The van der Waals surface area contributed by atoms with Crippen LogP contribution in [0.15, 0.2) is 35.2 Å². The Hall–Kier alpha value is 0.130. The van der Waals surface area contributed by atoms with Gasteiger partial charge in [-0.1, -0.05) is 31.5 Å². The van der Waals surface area contributed by atoms with Crippen LogP contribution in [0.4, 0.5) is 0 Å². The standard InChI is InChI=1S/C10H14O3S.Na.H/c1-2-3-9-13-14(11,12)10-7-5-4-6-8-10;;/h4-8H,2-3,9H2,1H3;;/q;+1;-1. The minimum atomic E-state index is -3.53. The normalized spacial score (nSPS) is 10.7. The summed E-state index contributed by atoms with van der Waals surface area (Å²) in [5.74, 6) is 0. The third kappa shape index (κ3) is 5.13. The van der Waals surface area contributed by atoms with Crippen molar-refractivity contribution in [1.29, 1.82) is 0 Å². The molecule has 3 nitrogen and oxygen atoms in total. The first kappa shape index (κ1) is 15.1. The average molecular weight is 238 g/mol. The summed E-state index contributed by atoms with van der Waals surface area (Å²) in [5, 5.41) is 0. The summed E-state index contributed by atoms with van der Waals surface area (Å²) in [6.07, 6.45) is 1.68. The van der Waals surface area contributed by atoms with E-state index in [4.69, 9.17) is 4.18 Å².